The first kappa shape index (κ1) is 15.9. The second-order valence-electron chi connectivity index (χ2n) is 5.17. The topological polar surface area (TPSA) is 42.3 Å². The summed E-state index contributed by atoms with van der Waals surface area (Å²) in [6.45, 7) is 9.12. The minimum atomic E-state index is 0.868. The molecule has 1 aromatic heterocycles. The van der Waals surface area contributed by atoms with Gasteiger partial charge in [-0.15, -0.1) is 0 Å². The maximum atomic E-state index is 5.35. The van der Waals surface area contributed by atoms with Gasteiger partial charge in [-0.1, -0.05) is 6.92 Å². The highest BCUT2D eigenvalue weighted by molar-refractivity contribution is 9.10. The first-order valence-electron chi connectivity index (χ1n) is 7.43. The minimum absolute atomic E-state index is 0.868. The second-order valence-corrected chi connectivity index (χ2v) is 5.96. The molecule has 0 spiro atoms. The molecule has 5 nitrogen and oxygen atoms in total. The van der Waals surface area contributed by atoms with Gasteiger partial charge in [0.25, 0.3) is 0 Å². The number of aryl methyl sites for hydroxylation is 2. The lowest BCUT2D eigenvalue weighted by atomic mass is 10.3. The predicted molar refractivity (Wildman–Crippen MR) is 83.9 cm³/mol. The maximum absolute atomic E-state index is 5.35. The van der Waals surface area contributed by atoms with E-state index in [2.05, 4.69) is 38.2 Å². The zero-order chi connectivity index (χ0) is 14.4. The van der Waals surface area contributed by atoms with Crippen LogP contribution in [-0.4, -0.2) is 54.1 Å². The highest BCUT2D eigenvalue weighted by Crippen LogP contribution is 2.21. The molecule has 0 saturated carbocycles. The van der Waals surface area contributed by atoms with Crippen LogP contribution in [-0.2, 0) is 24.8 Å². The Morgan fingerprint density at radius 1 is 1.35 bits per heavy atom. The Kier molecular flexibility index (Phi) is 6.48. The molecule has 1 aliphatic rings. The molecule has 1 aromatic rings. The molecule has 2 rings (SSSR count). The van der Waals surface area contributed by atoms with E-state index < -0.39 is 0 Å². The third kappa shape index (κ3) is 4.28. The zero-order valence-electron chi connectivity index (χ0n) is 12.5. The fourth-order valence-corrected chi connectivity index (χ4v) is 3.23. The number of rotatable bonds is 7. The summed E-state index contributed by atoms with van der Waals surface area (Å²) in [4.78, 5) is 2.47. The van der Waals surface area contributed by atoms with Crippen LogP contribution in [0.1, 0.15) is 24.7 Å². The fourth-order valence-electron chi connectivity index (χ4n) is 2.47. The normalized spacial score (nSPS) is 16.8. The van der Waals surface area contributed by atoms with Gasteiger partial charge in [0.2, 0.25) is 0 Å². The summed E-state index contributed by atoms with van der Waals surface area (Å²) in [5.41, 5.74) is 2.37. The quantitative estimate of drug-likeness (QED) is 0.762. The van der Waals surface area contributed by atoms with Gasteiger partial charge in [0, 0.05) is 26.7 Å². The minimum Gasteiger partial charge on any atom is -0.379 e. The number of hydrogen-bond donors (Lipinski definition) is 1. The van der Waals surface area contributed by atoms with E-state index in [-0.39, 0.29) is 0 Å². The molecule has 1 fully saturated rings. The highest BCUT2D eigenvalue weighted by Gasteiger charge is 2.12. The third-order valence-electron chi connectivity index (χ3n) is 3.73. The van der Waals surface area contributed by atoms with Gasteiger partial charge in [-0.05, 0) is 41.9 Å². The first-order chi connectivity index (χ1) is 9.72. The van der Waals surface area contributed by atoms with Gasteiger partial charge in [-0.25, -0.2) is 0 Å². The molecule has 0 radical (unpaired) electrons. The van der Waals surface area contributed by atoms with Crippen molar-refractivity contribution in [2.24, 2.45) is 7.05 Å². The summed E-state index contributed by atoms with van der Waals surface area (Å²) in [6, 6.07) is 0. The molecule has 0 unspecified atom stereocenters. The van der Waals surface area contributed by atoms with Crippen molar-refractivity contribution in [1.29, 1.82) is 0 Å². The first-order valence-corrected chi connectivity index (χ1v) is 8.22. The average molecular weight is 345 g/mol. The van der Waals surface area contributed by atoms with Crippen LogP contribution in [0.5, 0.6) is 0 Å². The van der Waals surface area contributed by atoms with Gasteiger partial charge in [-0.3, -0.25) is 9.58 Å². The number of halogens is 1. The molecular formula is C14H25BrN4O. The van der Waals surface area contributed by atoms with Gasteiger partial charge in [-0.2, -0.15) is 5.10 Å². The standard InChI is InChI=1S/C14H25BrN4O/c1-3-12-14(15)13(18(2)17-12)11-16-5-4-6-19-7-9-20-10-8-19/h16H,3-11H2,1-2H3. The summed E-state index contributed by atoms with van der Waals surface area (Å²) < 4.78 is 8.48. The van der Waals surface area contributed by atoms with E-state index in [1.165, 1.54) is 12.1 Å². The van der Waals surface area contributed by atoms with Gasteiger partial charge < -0.3 is 10.1 Å². The number of ether oxygens (including phenoxy) is 1. The molecule has 2 heterocycles. The molecule has 1 N–H and O–H groups in total. The molecule has 114 valence electrons. The number of aromatic nitrogens is 2. The van der Waals surface area contributed by atoms with Crippen LogP contribution < -0.4 is 5.32 Å². The van der Waals surface area contributed by atoms with Crippen molar-refractivity contribution in [3.63, 3.8) is 0 Å². The summed E-state index contributed by atoms with van der Waals surface area (Å²) >= 11 is 3.65. The summed E-state index contributed by atoms with van der Waals surface area (Å²) in [7, 11) is 2.01. The summed E-state index contributed by atoms with van der Waals surface area (Å²) in [5, 5.41) is 8.02. The van der Waals surface area contributed by atoms with E-state index in [4.69, 9.17) is 4.74 Å². The third-order valence-corrected chi connectivity index (χ3v) is 4.64. The van der Waals surface area contributed by atoms with Gasteiger partial charge >= 0.3 is 0 Å². The molecule has 6 heteroatoms. The molecular weight excluding hydrogens is 320 g/mol. The van der Waals surface area contributed by atoms with Gasteiger partial charge in [0.15, 0.2) is 0 Å². The lowest BCUT2D eigenvalue weighted by molar-refractivity contribution is 0.0374. The Bertz CT molecular complexity index is 416. The van der Waals surface area contributed by atoms with Crippen molar-refractivity contribution in [2.75, 3.05) is 39.4 Å². The van der Waals surface area contributed by atoms with Crippen LogP contribution in [0, 0.1) is 0 Å². The Hall–Kier alpha value is -0.430. The van der Waals surface area contributed by atoms with E-state index in [0.29, 0.717) is 0 Å². The van der Waals surface area contributed by atoms with E-state index in [1.54, 1.807) is 0 Å². The lowest BCUT2D eigenvalue weighted by Gasteiger charge is -2.26. The maximum Gasteiger partial charge on any atom is 0.0767 e. The predicted octanol–water partition coefficient (Wildman–Crippen LogP) is 1.56. The summed E-state index contributed by atoms with van der Waals surface area (Å²) in [5.74, 6) is 0. The molecule has 0 atom stereocenters. The molecule has 1 aliphatic heterocycles. The summed E-state index contributed by atoms with van der Waals surface area (Å²) in [6.07, 6.45) is 2.14. The Balaban J connectivity index is 1.66. The second kappa shape index (κ2) is 8.12. The highest BCUT2D eigenvalue weighted by atomic mass is 79.9. The fraction of sp³-hybridized carbons (Fsp3) is 0.786. The number of nitrogens with one attached hydrogen (secondary N) is 1. The van der Waals surface area contributed by atoms with Crippen LogP contribution in [0.3, 0.4) is 0 Å². The molecule has 0 aliphatic carbocycles. The van der Waals surface area contributed by atoms with E-state index in [0.717, 1.165) is 62.5 Å². The van der Waals surface area contributed by atoms with Crippen molar-refractivity contribution in [3.8, 4) is 0 Å². The van der Waals surface area contributed by atoms with Crippen LogP contribution in [0.2, 0.25) is 0 Å². The van der Waals surface area contributed by atoms with Crippen LogP contribution in [0.4, 0.5) is 0 Å². The number of morpholine rings is 1. The monoisotopic (exact) mass is 344 g/mol. The van der Waals surface area contributed by atoms with E-state index in [9.17, 15) is 0 Å². The largest absolute Gasteiger partial charge is 0.379 e. The SMILES string of the molecule is CCc1nn(C)c(CNCCCN2CCOCC2)c1Br. The van der Waals surface area contributed by atoms with Crippen LogP contribution in [0.25, 0.3) is 0 Å². The smallest absolute Gasteiger partial charge is 0.0767 e. The van der Waals surface area contributed by atoms with E-state index in [1.807, 2.05) is 11.7 Å². The Morgan fingerprint density at radius 2 is 2.10 bits per heavy atom. The van der Waals surface area contributed by atoms with Crippen molar-refractivity contribution >= 4 is 15.9 Å². The van der Waals surface area contributed by atoms with E-state index >= 15 is 0 Å². The molecule has 0 bridgehead atoms. The Labute approximate surface area is 129 Å². The molecule has 20 heavy (non-hydrogen) atoms. The zero-order valence-corrected chi connectivity index (χ0v) is 14.1. The molecule has 0 aromatic carbocycles. The average Bonchev–Trinajstić information content (AvgIpc) is 2.75. The van der Waals surface area contributed by atoms with Crippen molar-refractivity contribution in [1.82, 2.24) is 20.0 Å². The number of hydrogen-bond acceptors (Lipinski definition) is 4. The van der Waals surface area contributed by atoms with Crippen molar-refractivity contribution in [3.05, 3.63) is 15.9 Å². The van der Waals surface area contributed by atoms with Crippen LogP contribution >= 0.6 is 15.9 Å². The molecule has 1 saturated heterocycles. The number of nitrogens with zero attached hydrogens (tertiary/aromatic N) is 3. The van der Waals surface area contributed by atoms with Crippen LogP contribution in [0.15, 0.2) is 4.47 Å². The Morgan fingerprint density at radius 3 is 2.75 bits per heavy atom. The molecule has 0 amide bonds. The lowest BCUT2D eigenvalue weighted by Crippen LogP contribution is -2.37. The van der Waals surface area contributed by atoms with Crippen molar-refractivity contribution < 1.29 is 4.74 Å². The van der Waals surface area contributed by atoms with Crippen molar-refractivity contribution in [2.45, 2.75) is 26.3 Å². The van der Waals surface area contributed by atoms with Gasteiger partial charge in [0.1, 0.15) is 0 Å². The van der Waals surface area contributed by atoms with Gasteiger partial charge in [0.05, 0.1) is 29.1 Å².